The normalized spacial score (nSPS) is 10.7. The van der Waals surface area contributed by atoms with Gasteiger partial charge in [0.15, 0.2) is 11.6 Å². The second-order valence-corrected chi connectivity index (χ2v) is 5.65. The number of benzene rings is 3. The summed E-state index contributed by atoms with van der Waals surface area (Å²) >= 11 is 5.78. The van der Waals surface area contributed by atoms with E-state index in [1.807, 2.05) is 12.1 Å². The van der Waals surface area contributed by atoms with Gasteiger partial charge in [-0.25, -0.2) is 0 Å². The summed E-state index contributed by atoms with van der Waals surface area (Å²) in [6.07, 6.45) is -0.298. The van der Waals surface area contributed by atoms with Crippen LogP contribution in [0.4, 0.5) is 0 Å². The lowest BCUT2D eigenvalue weighted by molar-refractivity contribution is 0.0893. The van der Waals surface area contributed by atoms with E-state index in [1.165, 1.54) is 0 Å². The van der Waals surface area contributed by atoms with Crippen LogP contribution in [0.1, 0.15) is 27.1 Å². The predicted octanol–water partition coefficient (Wildman–Crippen LogP) is 4.65. The van der Waals surface area contributed by atoms with Crippen LogP contribution in [0.25, 0.3) is 10.8 Å². The average molecular weight is 325 g/mol. The van der Waals surface area contributed by atoms with Crippen molar-refractivity contribution in [3.05, 3.63) is 76.8 Å². The van der Waals surface area contributed by atoms with E-state index in [0.717, 1.165) is 5.39 Å². The zero-order valence-corrected chi connectivity index (χ0v) is 12.9. The summed E-state index contributed by atoms with van der Waals surface area (Å²) in [6.45, 7) is 0. The Balaban J connectivity index is 1.87. The molecular weight excluding hydrogens is 312 g/mol. The van der Waals surface area contributed by atoms with Crippen LogP contribution in [0.5, 0.6) is 5.75 Å². The monoisotopic (exact) mass is 324 g/mol. The minimum Gasteiger partial charge on any atom is -0.507 e. The van der Waals surface area contributed by atoms with Crippen LogP contribution in [-0.4, -0.2) is 16.7 Å². The van der Waals surface area contributed by atoms with Crippen molar-refractivity contribution >= 4 is 33.9 Å². The molecule has 4 heteroatoms. The summed E-state index contributed by atoms with van der Waals surface area (Å²) in [6, 6.07) is 16.9. The second-order valence-electron chi connectivity index (χ2n) is 5.21. The summed E-state index contributed by atoms with van der Waals surface area (Å²) in [4.78, 5) is 24.5. The van der Waals surface area contributed by atoms with E-state index in [4.69, 9.17) is 11.6 Å². The van der Waals surface area contributed by atoms with Crippen molar-refractivity contribution in [2.45, 2.75) is 6.42 Å². The number of ketones is 2. The van der Waals surface area contributed by atoms with Crippen molar-refractivity contribution in [3.8, 4) is 5.75 Å². The van der Waals surface area contributed by atoms with Crippen molar-refractivity contribution in [2.75, 3.05) is 0 Å². The Bertz CT molecular complexity index is 898. The Morgan fingerprint density at radius 2 is 1.57 bits per heavy atom. The van der Waals surface area contributed by atoms with Gasteiger partial charge in [-0.3, -0.25) is 9.59 Å². The van der Waals surface area contributed by atoms with Crippen LogP contribution < -0.4 is 0 Å². The zero-order chi connectivity index (χ0) is 16.4. The van der Waals surface area contributed by atoms with E-state index in [1.54, 1.807) is 48.5 Å². The maximum atomic E-state index is 12.4. The number of hydrogen-bond acceptors (Lipinski definition) is 3. The van der Waals surface area contributed by atoms with E-state index in [2.05, 4.69) is 0 Å². The minimum absolute atomic E-state index is 0.0861. The fourth-order valence-electron chi connectivity index (χ4n) is 2.46. The molecule has 3 rings (SSSR count). The van der Waals surface area contributed by atoms with Gasteiger partial charge in [-0.2, -0.15) is 0 Å². The van der Waals surface area contributed by atoms with Gasteiger partial charge in [0.2, 0.25) is 0 Å². The number of Topliss-reactive ketones (excluding diaryl/α,β-unsaturated/α-hetero) is 2. The van der Waals surface area contributed by atoms with Crippen molar-refractivity contribution in [1.29, 1.82) is 0 Å². The first kappa shape index (κ1) is 15.3. The fourth-order valence-corrected chi connectivity index (χ4v) is 2.59. The number of carbonyl (C=O) groups excluding carboxylic acids is 2. The smallest absolute Gasteiger partial charge is 0.174 e. The number of carbonyl (C=O) groups is 2. The van der Waals surface area contributed by atoms with Crippen molar-refractivity contribution < 1.29 is 14.7 Å². The maximum Gasteiger partial charge on any atom is 0.174 e. The molecule has 0 amide bonds. The van der Waals surface area contributed by atoms with E-state index >= 15 is 0 Å². The molecule has 0 spiro atoms. The molecular formula is C19H13ClO3. The lowest BCUT2D eigenvalue weighted by Gasteiger charge is -2.07. The number of aromatic hydroxyl groups is 1. The minimum atomic E-state index is -0.409. The highest BCUT2D eigenvalue weighted by Crippen LogP contribution is 2.29. The zero-order valence-electron chi connectivity index (χ0n) is 12.1. The molecule has 0 bridgehead atoms. The molecule has 0 unspecified atom stereocenters. The Labute approximate surface area is 138 Å². The summed E-state index contributed by atoms with van der Waals surface area (Å²) in [5, 5.41) is 12.3. The van der Waals surface area contributed by atoms with Crippen molar-refractivity contribution in [2.24, 2.45) is 0 Å². The van der Waals surface area contributed by atoms with Crippen molar-refractivity contribution in [1.82, 2.24) is 0 Å². The standard InChI is InChI=1S/C19H13ClO3/c20-14-8-5-13(6-9-14)17(21)11-18(22)16-10-7-12-3-1-2-4-15(12)19(16)23/h1-10,23H,11H2. The maximum absolute atomic E-state index is 12.4. The number of fused-ring (bicyclic) bond motifs is 1. The fraction of sp³-hybridized carbons (Fsp3) is 0.0526. The molecule has 0 radical (unpaired) electrons. The van der Waals surface area contributed by atoms with Crippen LogP contribution in [0.2, 0.25) is 5.02 Å². The van der Waals surface area contributed by atoms with Crippen LogP contribution in [0.3, 0.4) is 0 Å². The molecule has 23 heavy (non-hydrogen) atoms. The first-order valence-corrected chi connectivity index (χ1v) is 7.47. The SMILES string of the molecule is O=C(CC(=O)c1ccc2ccccc2c1O)c1ccc(Cl)cc1. The quantitative estimate of drug-likeness (QED) is 0.561. The molecule has 0 aliphatic rings. The lowest BCUT2D eigenvalue weighted by Crippen LogP contribution is -2.09. The summed E-state index contributed by atoms with van der Waals surface area (Å²) in [5.74, 6) is -0.801. The van der Waals surface area contributed by atoms with Crippen molar-refractivity contribution in [3.63, 3.8) is 0 Å². The molecule has 0 aromatic heterocycles. The largest absolute Gasteiger partial charge is 0.507 e. The molecule has 3 nitrogen and oxygen atoms in total. The molecule has 0 saturated heterocycles. The molecule has 0 fully saturated rings. The Morgan fingerprint density at radius 3 is 2.30 bits per heavy atom. The molecule has 1 N–H and O–H groups in total. The van der Waals surface area contributed by atoms with Gasteiger partial charge in [-0.15, -0.1) is 0 Å². The van der Waals surface area contributed by atoms with Gasteiger partial charge in [-0.05, 0) is 35.7 Å². The molecule has 3 aromatic carbocycles. The third kappa shape index (κ3) is 3.10. The number of phenolic OH excluding ortho intramolecular Hbond substituents is 1. The third-order valence-electron chi connectivity index (χ3n) is 3.69. The van der Waals surface area contributed by atoms with Crippen LogP contribution >= 0.6 is 11.6 Å². The predicted molar refractivity (Wildman–Crippen MR) is 90.3 cm³/mol. The Hall–Kier alpha value is -2.65. The number of rotatable bonds is 4. The van der Waals surface area contributed by atoms with Gasteiger partial charge in [0.05, 0.1) is 12.0 Å². The van der Waals surface area contributed by atoms with Gasteiger partial charge >= 0.3 is 0 Å². The van der Waals surface area contributed by atoms with Gasteiger partial charge in [-0.1, -0.05) is 41.9 Å². The topological polar surface area (TPSA) is 54.4 Å². The van der Waals surface area contributed by atoms with Crippen LogP contribution in [-0.2, 0) is 0 Å². The molecule has 0 saturated carbocycles. The Kier molecular flexibility index (Phi) is 4.13. The molecule has 114 valence electrons. The number of phenols is 1. The first-order valence-electron chi connectivity index (χ1n) is 7.09. The average Bonchev–Trinajstić information content (AvgIpc) is 2.56. The molecule has 0 aliphatic carbocycles. The molecule has 0 heterocycles. The Morgan fingerprint density at radius 1 is 0.870 bits per heavy atom. The first-order chi connectivity index (χ1) is 11.1. The van der Waals surface area contributed by atoms with E-state index < -0.39 is 5.78 Å². The summed E-state index contributed by atoms with van der Waals surface area (Å²) in [5.41, 5.74) is 0.578. The van der Waals surface area contributed by atoms with Crippen LogP contribution in [0.15, 0.2) is 60.7 Å². The molecule has 0 atom stereocenters. The molecule has 3 aromatic rings. The van der Waals surface area contributed by atoms with Gasteiger partial charge in [0, 0.05) is 16.0 Å². The van der Waals surface area contributed by atoms with E-state index in [-0.39, 0.29) is 23.5 Å². The summed E-state index contributed by atoms with van der Waals surface area (Å²) < 4.78 is 0. The lowest BCUT2D eigenvalue weighted by atomic mass is 9.98. The highest BCUT2D eigenvalue weighted by Gasteiger charge is 2.18. The van der Waals surface area contributed by atoms with E-state index in [0.29, 0.717) is 16.0 Å². The van der Waals surface area contributed by atoms with Gasteiger partial charge in [0.25, 0.3) is 0 Å². The third-order valence-corrected chi connectivity index (χ3v) is 3.94. The van der Waals surface area contributed by atoms with Crippen LogP contribution in [0, 0.1) is 0 Å². The summed E-state index contributed by atoms with van der Waals surface area (Å²) in [7, 11) is 0. The number of hydrogen-bond donors (Lipinski definition) is 1. The van der Waals surface area contributed by atoms with E-state index in [9.17, 15) is 14.7 Å². The highest BCUT2D eigenvalue weighted by atomic mass is 35.5. The van der Waals surface area contributed by atoms with Gasteiger partial charge < -0.3 is 5.11 Å². The second kappa shape index (κ2) is 6.23. The number of halogens is 1. The highest BCUT2D eigenvalue weighted by molar-refractivity contribution is 6.30. The van der Waals surface area contributed by atoms with Gasteiger partial charge in [0.1, 0.15) is 5.75 Å². The molecule has 0 aliphatic heterocycles.